The molecule has 4 atom stereocenters. The normalized spacial score (nSPS) is 20.1. The molecular formula is C37H49N3O8S. The number of nitrogens with zero attached hydrogens (tertiary/aromatic N) is 2. The lowest BCUT2D eigenvalue weighted by Crippen LogP contribution is -2.48. The number of carbonyl (C=O) groups excluding carboxylic acids is 2. The fraction of sp³-hybridized carbons (Fsp3) is 0.459. The predicted molar refractivity (Wildman–Crippen MR) is 188 cm³/mol. The van der Waals surface area contributed by atoms with Gasteiger partial charge in [0.2, 0.25) is 15.9 Å². The number of rotatable bonds is 10. The van der Waals surface area contributed by atoms with E-state index in [0.717, 1.165) is 18.4 Å². The first kappa shape index (κ1) is 37.8. The number of hydrogen-bond acceptors (Lipinski definition) is 8. The summed E-state index contributed by atoms with van der Waals surface area (Å²) in [6.45, 7) is 5.93. The van der Waals surface area contributed by atoms with Gasteiger partial charge >= 0.3 is 0 Å². The van der Waals surface area contributed by atoms with Crippen LogP contribution >= 0.6 is 0 Å². The van der Waals surface area contributed by atoms with Gasteiger partial charge in [-0.25, -0.2) is 8.42 Å². The van der Waals surface area contributed by atoms with Gasteiger partial charge in [-0.2, -0.15) is 4.31 Å². The highest BCUT2D eigenvalue weighted by Crippen LogP contribution is 2.29. The zero-order chi connectivity index (χ0) is 35.6. The minimum absolute atomic E-state index is 0.0543. The SMILES string of the molecule is COc1ccc(S(=O)(=O)N(C)C[C@@H]2OCCCC[C@H](C)Oc3ccc(NC(=O)Cc4ccccc4)cc3C(=O)N([C@H](C)CO)C[C@@H]2C)cc1. The maximum Gasteiger partial charge on any atom is 0.258 e. The molecule has 0 aliphatic carbocycles. The van der Waals surface area contributed by atoms with Gasteiger partial charge in [-0.1, -0.05) is 37.3 Å². The number of nitrogens with one attached hydrogen (secondary N) is 1. The molecule has 4 rings (SSSR count). The topological polar surface area (TPSA) is 135 Å². The van der Waals surface area contributed by atoms with Gasteiger partial charge in [0.15, 0.2) is 0 Å². The second-order valence-corrected chi connectivity index (χ2v) is 14.7. The first-order valence-electron chi connectivity index (χ1n) is 16.7. The molecule has 0 saturated heterocycles. The minimum Gasteiger partial charge on any atom is -0.497 e. The first-order chi connectivity index (χ1) is 23.4. The summed E-state index contributed by atoms with van der Waals surface area (Å²) in [5.74, 6) is -0.000203. The monoisotopic (exact) mass is 695 g/mol. The molecule has 0 unspecified atom stereocenters. The molecule has 2 amide bonds. The van der Waals surface area contributed by atoms with Gasteiger partial charge in [-0.3, -0.25) is 9.59 Å². The summed E-state index contributed by atoms with van der Waals surface area (Å²) in [4.78, 5) is 29.0. The summed E-state index contributed by atoms with van der Waals surface area (Å²) in [7, 11) is -0.814. The largest absolute Gasteiger partial charge is 0.497 e. The molecule has 12 heteroatoms. The van der Waals surface area contributed by atoms with Crippen molar-refractivity contribution in [3.05, 3.63) is 83.9 Å². The van der Waals surface area contributed by atoms with Crippen molar-refractivity contribution >= 4 is 27.5 Å². The third kappa shape index (κ3) is 10.3. The smallest absolute Gasteiger partial charge is 0.258 e. The van der Waals surface area contributed by atoms with Gasteiger partial charge in [-0.05, 0) is 81.1 Å². The Morgan fingerprint density at radius 1 is 1.08 bits per heavy atom. The maximum absolute atomic E-state index is 14.4. The van der Waals surface area contributed by atoms with Crippen molar-refractivity contribution in [2.24, 2.45) is 5.92 Å². The van der Waals surface area contributed by atoms with Gasteiger partial charge < -0.3 is 29.5 Å². The molecule has 266 valence electrons. The Labute approximate surface area is 290 Å². The van der Waals surface area contributed by atoms with Crippen LogP contribution in [0.15, 0.2) is 77.7 Å². The fourth-order valence-corrected chi connectivity index (χ4v) is 6.91. The zero-order valence-corrected chi connectivity index (χ0v) is 29.8. The molecule has 1 heterocycles. The Kier molecular flexibility index (Phi) is 13.6. The van der Waals surface area contributed by atoms with E-state index in [4.69, 9.17) is 14.2 Å². The van der Waals surface area contributed by atoms with E-state index in [9.17, 15) is 23.1 Å². The van der Waals surface area contributed by atoms with Crippen LogP contribution in [0.1, 0.15) is 56.0 Å². The summed E-state index contributed by atoms with van der Waals surface area (Å²) in [6.07, 6.45) is 1.64. The van der Waals surface area contributed by atoms with Crippen LogP contribution in [0.3, 0.4) is 0 Å². The molecule has 3 aromatic rings. The molecule has 1 aliphatic rings. The number of benzene rings is 3. The van der Waals surface area contributed by atoms with Crippen LogP contribution in [0.2, 0.25) is 0 Å². The first-order valence-corrected chi connectivity index (χ1v) is 18.1. The van der Waals surface area contributed by atoms with Crippen LogP contribution in [0.25, 0.3) is 0 Å². The molecule has 0 spiro atoms. The molecular weight excluding hydrogens is 646 g/mol. The number of likely N-dealkylation sites (N-methyl/N-ethyl adjacent to an activating group) is 1. The fourth-order valence-electron chi connectivity index (χ4n) is 5.73. The van der Waals surface area contributed by atoms with Gasteiger partial charge in [-0.15, -0.1) is 0 Å². The average Bonchev–Trinajstić information content (AvgIpc) is 3.09. The Hall–Kier alpha value is -3.97. The number of aliphatic hydroxyl groups excluding tert-OH is 1. The molecule has 11 nitrogen and oxygen atoms in total. The van der Waals surface area contributed by atoms with E-state index in [1.165, 1.54) is 30.6 Å². The van der Waals surface area contributed by atoms with Crippen LogP contribution in [0, 0.1) is 5.92 Å². The number of amides is 2. The maximum atomic E-state index is 14.4. The highest BCUT2D eigenvalue weighted by Gasteiger charge is 2.32. The van der Waals surface area contributed by atoms with E-state index in [-0.39, 0.29) is 60.4 Å². The number of carbonyl (C=O) groups is 2. The Balaban J connectivity index is 1.62. The highest BCUT2D eigenvalue weighted by atomic mass is 32.2. The Bertz CT molecular complexity index is 1640. The zero-order valence-electron chi connectivity index (χ0n) is 29.0. The standard InChI is InChI=1S/C37H49N3O8S/c1-26-23-40(27(2)25-41)37(43)33-22-30(38-36(42)21-29-12-7-6-8-13-29)14-19-34(33)48-28(3)11-9-10-20-47-35(26)24-39(4)49(44,45)32-17-15-31(46-5)16-18-32/h6-8,12-19,22,26-28,35,41H,9-11,20-21,23-25H2,1-5H3,(H,38,42)/t26-,27+,28-,35-/m0/s1. The van der Waals surface area contributed by atoms with Crippen molar-refractivity contribution in [1.82, 2.24) is 9.21 Å². The summed E-state index contributed by atoms with van der Waals surface area (Å²) in [5.41, 5.74) is 1.56. The summed E-state index contributed by atoms with van der Waals surface area (Å²) in [6, 6.07) is 20.0. The number of ether oxygens (including phenoxy) is 3. The van der Waals surface area contributed by atoms with Crippen LogP contribution in [0.5, 0.6) is 11.5 Å². The van der Waals surface area contributed by atoms with Crippen molar-refractivity contribution in [2.45, 2.75) is 69.6 Å². The molecule has 0 radical (unpaired) electrons. The molecule has 2 N–H and O–H groups in total. The second kappa shape index (κ2) is 17.6. The highest BCUT2D eigenvalue weighted by molar-refractivity contribution is 7.89. The lowest BCUT2D eigenvalue weighted by Gasteiger charge is -2.35. The van der Waals surface area contributed by atoms with Crippen molar-refractivity contribution < 1.29 is 37.3 Å². The average molecular weight is 696 g/mol. The molecule has 0 saturated carbocycles. The molecule has 3 aromatic carbocycles. The van der Waals surface area contributed by atoms with E-state index in [0.29, 0.717) is 30.2 Å². The predicted octanol–water partition coefficient (Wildman–Crippen LogP) is 4.99. The number of aliphatic hydroxyl groups is 1. The van der Waals surface area contributed by atoms with Crippen molar-refractivity contribution in [2.75, 3.05) is 45.8 Å². The van der Waals surface area contributed by atoms with Gasteiger partial charge in [0.1, 0.15) is 11.5 Å². The number of fused-ring (bicyclic) bond motifs is 1. The van der Waals surface area contributed by atoms with E-state index in [1.807, 2.05) is 44.2 Å². The summed E-state index contributed by atoms with van der Waals surface area (Å²) >= 11 is 0. The number of methoxy groups -OCH3 is 1. The van der Waals surface area contributed by atoms with Crippen molar-refractivity contribution in [3.8, 4) is 11.5 Å². The molecule has 0 aromatic heterocycles. The summed E-state index contributed by atoms with van der Waals surface area (Å²) in [5, 5.41) is 13.1. The summed E-state index contributed by atoms with van der Waals surface area (Å²) < 4.78 is 46.1. The number of anilines is 1. The molecule has 1 aliphatic heterocycles. The number of hydrogen-bond donors (Lipinski definition) is 2. The molecule has 0 fully saturated rings. The Morgan fingerprint density at radius 3 is 2.47 bits per heavy atom. The molecule has 0 bridgehead atoms. The van der Waals surface area contributed by atoms with Gasteiger partial charge in [0.25, 0.3) is 5.91 Å². The third-order valence-corrected chi connectivity index (χ3v) is 10.6. The van der Waals surface area contributed by atoms with Crippen molar-refractivity contribution in [3.63, 3.8) is 0 Å². The van der Waals surface area contributed by atoms with Crippen molar-refractivity contribution in [1.29, 1.82) is 0 Å². The molecule has 49 heavy (non-hydrogen) atoms. The van der Waals surface area contributed by atoms with Gasteiger partial charge in [0.05, 0.1) is 48.8 Å². The van der Waals surface area contributed by atoms with Gasteiger partial charge in [0, 0.05) is 38.3 Å². The Morgan fingerprint density at radius 2 is 1.80 bits per heavy atom. The van der Waals surface area contributed by atoms with Crippen LogP contribution < -0.4 is 14.8 Å². The van der Waals surface area contributed by atoms with E-state index in [1.54, 1.807) is 42.2 Å². The lowest BCUT2D eigenvalue weighted by atomic mass is 10.0. The second-order valence-electron chi connectivity index (χ2n) is 12.7. The van der Waals surface area contributed by atoms with Crippen LogP contribution in [-0.4, -0.2) is 93.3 Å². The lowest BCUT2D eigenvalue weighted by molar-refractivity contribution is -0.115. The van der Waals surface area contributed by atoms with E-state index >= 15 is 0 Å². The van der Waals surface area contributed by atoms with E-state index < -0.39 is 22.2 Å². The number of sulfonamides is 1. The minimum atomic E-state index is -3.85. The third-order valence-electron chi connectivity index (χ3n) is 8.75. The quantitative estimate of drug-likeness (QED) is 0.303. The van der Waals surface area contributed by atoms with Crippen LogP contribution in [-0.2, 0) is 26.0 Å². The van der Waals surface area contributed by atoms with E-state index in [2.05, 4.69) is 5.32 Å². The van der Waals surface area contributed by atoms with Crippen LogP contribution in [0.4, 0.5) is 5.69 Å².